The zero-order chi connectivity index (χ0) is 24.3. The van der Waals surface area contributed by atoms with Crippen molar-refractivity contribution in [2.75, 3.05) is 6.61 Å². The number of hydrogen-bond acceptors (Lipinski definition) is 8. The number of nitrogens with two attached hydrogens (primary N) is 1. The van der Waals surface area contributed by atoms with Gasteiger partial charge in [-0.2, -0.15) is 13.5 Å². The lowest BCUT2D eigenvalue weighted by atomic mass is 9.96. The molecule has 12 heteroatoms. The standard InChI is InChI=1S/C22H24ClN5O5S/c23-18-4-2-1-3-15(18)11-28-6-5-19(27-28)22(30)17-10-25-13-26-20(17)8-14-7-16(21(29)9-14)12-33-34(24,31)32/h1-6,10,13-14,16,21,29H,7-9,11-12H2,(H2,24,31,32)/t14-,16+,21-/m0/s1. The summed E-state index contributed by atoms with van der Waals surface area (Å²) in [6.45, 7) is 0.238. The van der Waals surface area contributed by atoms with Gasteiger partial charge in [0.25, 0.3) is 0 Å². The molecule has 1 aromatic carbocycles. The summed E-state index contributed by atoms with van der Waals surface area (Å²) in [5.74, 6) is -0.686. The van der Waals surface area contributed by atoms with Gasteiger partial charge in [0.2, 0.25) is 5.78 Å². The molecule has 1 aliphatic rings. The molecule has 0 spiro atoms. The van der Waals surface area contributed by atoms with E-state index in [1.54, 1.807) is 23.0 Å². The third kappa shape index (κ3) is 6.05. The van der Waals surface area contributed by atoms with Crippen molar-refractivity contribution in [2.24, 2.45) is 17.0 Å². The fourth-order valence-electron chi connectivity index (χ4n) is 4.23. The summed E-state index contributed by atoms with van der Waals surface area (Å²) in [5, 5.41) is 20.2. The second-order valence-electron chi connectivity index (χ2n) is 8.35. The van der Waals surface area contributed by atoms with Crippen LogP contribution in [-0.4, -0.2) is 51.8 Å². The maximum Gasteiger partial charge on any atom is 0.333 e. The van der Waals surface area contributed by atoms with Gasteiger partial charge in [0.15, 0.2) is 0 Å². The first-order chi connectivity index (χ1) is 16.2. The molecule has 1 fully saturated rings. The summed E-state index contributed by atoms with van der Waals surface area (Å²) in [6, 6.07) is 9.06. The maximum absolute atomic E-state index is 13.2. The van der Waals surface area contributed by atoms with Crippen molar-refractivity contribution < 1.29 is 22.5 Å². The summed E-state index contributed by atoms with van der Waals surface area (Å²) in [5.41, 5.74) is 2.03. The number of aromatic nitrogens is 4. The van der Waals surface area contributed by atoms with Crippen molar-refractivity contribution >= 4 is 27.7 Å². The summed E-state index contributed by atoms with van der Waals surface area (Å²) in [7, 11) is -4.07. The van der Waals surface area contributed by atoms with E-state index < -0.39 is 16.4 Å². The van der Waals surface area contributed by atoms with E-state index in [0.717, 1.165) is 5.56 Å². The van der Waals surface area contributed by atoms with Gasteiger partial charge in [-0.25, -0.2) is 15.1 Å². The van der Waals surface area contributed by atoms with Crippen molar-refractivity contribution in [3.8, 4) is 0 Å². The molecule has 180 valence electrons. The van der Waals surface area contributed by atoms with Crippen LogP contribution in [-0.2, 0) is 27.5 Å². The van der Waals surface area contributed by atoms with E-state index in [4.69, 9.17) is 16.7 Å². The molecule has 0 saturated heterocycles. The zero-order valence-corrected chi connectivity index (χ0v) is 19.7. The average molecular weight is 506 g/mol. The lowest BCUT2D eigenvalue weighted by Crippen LogP contribution is -2.24. The molecule has 1 aliphatic carbocycles. The number of ketones is 1. The van der Waals surface area contributed by atoms with Gasteiger partial charge in [-0.15, -0.1) is 0 Å². The Labute approximate surface area is 202 Å². The summed E-state index contributed by atoms with van der Waals surface area (Å²) < 4.78 is 28.4. The first-order valence-electron chi connectivity index (χ1n) is 10.6. The Bertz CT molecular complexity index is 1280. The minimum Gasteiger partial charge on any atom is -0.393 e. The van der Waals surface area contributed by atoms with Crippen molar-refractivity contribution in [2.45, 2.75) is 31.9 Å². The highest BCUT2D eigenvalue weighted by atomic mass is 35.5. The molecule has 3 N–H and O–H groups in total. The van der Waals surface area contributed by atoms with Crippen LogP contribution in [0.1, 0.15) is 40.2 Å². The molecule has 4 rings (SSSR count). The quantitative estimate of drug-likeness (QED) is 0.417. The highest BCUT2D eigenvalue weighted by molar-refractivity contribution is 7.84. The molecule has 0 amide bonds. The van der Waals surface area contributed by atoms with Crippen LogP contribution in [0.3, 0.4) is 0 Å². The van der Waals surface area contributed by atoms with Crippen LogP contribution in [0.5, 0.6) is 0 Å². The predicted octanol–water partition coefficient (Wildman–Crippen LogP) is 1.76. The van der Waals surface area contributed by atoms with Gasteiger partial charge in [0, 0.05) is 23.3 Å². The van der Waals surface area contributed by atoms with E-state index in [1.165, 1.54) is 12.5 Å². The molecule has 0 bridgehead atoms. The van der Waals surface area contributed by atoms with Crippen LogP contribution in [0.2, 0.25) is 5.02 Å². The Balaban J connectivity index is 1.45. The van der Waals surface area contributed by atoms with Crippen LogP contribution < -0.4 is 5.14 Å². The van der Waals surface area contributed by atoms with E-state index >= 15 is 0 Å². The van der Waals surface area contributed by atoms with Crippen LogP contribution in [0, 0.1) is 11.8 Å². The molecule has 2 aromatic heterocycles. The number of aliphatic hydroxyl groups excluding tert-OH is 1. The Morgan fingerprint density at radius 1 is 1.26 bits per heavy atom. The molecule has 3 atom stereocenters. The summed E-state index contributed by atoms with van der Waals surface area (Å²) in [4.78, 5) is 21.5. The number of hydrogen-bond donors (Lipinski definition) is 2. The fraction of sp³-hybridized carbons (Fsp3) is 0.364. The molecule has 0 radical (unpaired) electrons. The Kier molecular flexibility index (Phi) is 7.39. The third-order valence-electron chi connectivity index (χ3n) is 5.89. The maximum atomic E-state index is 13.2. The summed E-state index contributed by atoms with van der Waals surface area (Å²) >= 11 is 6.22. The lowest BCUT2D eigenvalue weighted by molar-refractivity contribution is 0.100. The summed E-state index contributed by atoms with van der Waals surface area (Å²) in [6.07, 6.45) is 5.19. The number of aliphatic hydroxyl groups is 1. The molecule has 34 heavy (non-hydrogen) atoms. The molecule has 10 nitrogen and oxygen atoms in total. The van der Waals surface area contributed by atoms with Gasteiger partial charge >= 0.3 is 10.3 Å². The minimum absolute atomic E-state index is 0.0108. The van der Waals surface area contributed by atoms with E-state index in [0.29, 0.717) is 42.1 Å². The monoisotopic (exact) mass is 505 g/mol. The smallest absolute Gasteiger partial charge is 0.333 e. The second kappa shape index (κ2) is 10.3. The predicted molar refractivity (Wildman–Crippen MR) is 123 cm³/mol. The van der Waals surface area contributed by atoms with E-state index in [9.17, 15) is 18.3 Å². The molecule has 0 unspecified atom stereocenters. The van der Waals surface area contributed by atoms with E-state index in [1.807, 2.05) is 18.2 Å². The minimum atomic E-state index is -4.07. The first-order valence-corrected chi connectivity index (χ1v) is 12.5. The van der Waals surface area contributed by atoms with Crippen molar-refractivity contribution in [1.82, 2.24) is 19.7 Å². The first kappa shape index (κ1) is 24.4. The molecule has 3 aromatic rings. The van der Waals surface area contributed by atoms with Crippen LogP contribution in [0.25, 0.3) is 0 Å². The molecular weight excluding hydrogens is 482 g/mol. The van der Waals surface area contributed by atoms with Gasteiger partial charge in [-0.3, -0.25) is 13.7 Å². The second-order valence-corrected chi connectivity index (χ2v) is 9.98. The molecule has 0 aliphatic heterocycles. The van der Waals surface area contributed by atoms with Gasteiger partial charge < -0.3 is 5.11 Å². The molecular formula is C22H24ClN5O5S. The number of benzene rings is 1. The molecule has 2 heterocycles. The SMILES string of the molecule is NS(=O)(=O)OC[C@H]1C[C@@H](Cc2ncncc2C(=O)c2ccn(Cc3ccccc3Cl)n2)C[C@@H]1O. The van der Waals surface area contributed by atoms with E-state index in [-0.39, 0.29) is 29.9 Å². The average Bonchev–Trinajstić information content (AvgIpc) is 3.39. The van der Waals surface area contributed by atoms with Crippen molar-refractivity contribution in [1.29, 1.82) is 0 Å². The number of carbonyl (C=O) groups excluding carboxylic acids is 1. The Morgan fingerprint density at radius 2 is 2.06 bits per heavy atom. The number of rotatable bonds is 9. The number of halogens is 1. The van der Waals surface area contributed by atoms with Crippen molar-refractivity contribution in [3.63, 3.8) is 0 Å². The van der Waals surface area contributed by atoms with Gasteiger partial charge in [0.05, 0.1) is 30.5 Å². The zero-order valence-electron chi connectivity index (χ0n) is 18.1. The van der Waals surface area contributed by atoms with Crippen LogP contribution in [0.15, 0.2) is 49.1 Å². The van der Waals surface area contributed by atoms with Gasteiger partial charge in [-0.05, 0) is 42.9 Å². The lowest BCUT2D eigenvalue weighted by Gasteiger charge is -2.13. The van der Waals surface area contributed by atoms with Gasteiger partial charge in [0.1, 0.15) is 12.0 Å². The highest BCUT2D eigenvalue weighted by Crippen LogP contribution is 2.34. The number of carbonyl (C=O) groups is 1. The largest absolute Gasteiger partial charge is 0.393 e. The normalized spacial score (nSPS) is 20.5. The Hall–Kier alpha value is -2.70. The molecule has 1 saturated carbocycles. The van der Waals surface area contributed by atoms with Crippen LogP contribution in [0.4, 0.5) is 0 Å². The van der Waals surface area contributed by atoms with E-state index in [2.05, 4.69) is 19.2 Å². The Morgan fingerprint density at radius 3 is 2.82 bits per heavy atom. The van der Waals surface area contributed by atoms with Crippen LogP contribution >= 0.6 is 11.6 Å². The highest BCUT2D eigenvalue weighted by Gasteiger charge is 2.35. The number of nitrogens with zero attached hydrogens (tertiary/aromatic N) is 4. The van der Waals surface area contributed by atoms with Gasteiger partial charge in [-0.1, -0.05) is 29.8 Å². The fourth-order valence-corrected chi connectivity index (χ4v) is 4.79. The topological polar surface area (TPSA) is 150 Å². The third-order valence-corrected chi connectivity index (χ3v) is 6.72. The van der Waals surface area contributed by atoms with Crippen molar-refractivity contribution in [3.05, 3.63) is 76.6 Å².